The summed E-state index contributed by atoms with van der Waals surface area (Å²) in [5.41, 5.74) is 0. The molecule has 5 nitrogen and oxygen atoms in total. The van der Waals surface area contributed by atoms with Gasteiger partial charge in [0.1, 0.15) is 5.78 Å². The van der Waals surface area contributed by atoms with E-state index in [4.69, 9.17) is 5.11 Å². The Morgan fingerprint density at radius 2 is 0.754 bits per heavy atom. The Kier molecular flexibility index (Phi) is 18.4. The molecule has 0 aliphatic heterocycles. The van der Waals surface area contributed by atoms with Gasteiger partial charge in [0, 0.05) is 31.8 Å². The maximum atomic E-state index is 14.3. The first-order valence-corrected chi connectivity index (χ1v) is 18.4. The first-order chi connectivity index (χ1) is 29.7. The maximum Gasteiger partial charge on any atom is 0.460 e. The molecule has 0 amide bonds. The van der Waals surface area contributed by atoms with Crippen LogP contribution in [0.25, 0.3) is 0 Å². The minimum atomic E-state index is -10.2. The van der Waals surface area contributed by atoms with Crippen molar-refractivity contribution in [3.8, 4) is 0 Å². The molecule has 0 saturated carbocycles. The van der Waals surface area contributed by atoms with Gasteiger partial charge in [-0.2, -0.15) is 157 Å². The van der Waals surface area contributed by atoms with Gasteiger partial charge in [-0.3, -0.25) is 4.79 Å². The summed E-state index contributed by atoms with van der Waals surface area (Å²) in [6.45, 7) is 0.831. The zero-order valence-corrected chi connectivity index (χ0v) is 34.1. The summed E-state index contributed by atoms with van der Waals surface area (Å²) >= 11 is -0.290. The molecule has 0 bridgehead atoms. The Bertz CT molecular complexity index is 1790. The largest absolute Gasteiger partial charge is 0.477 e. The Labute approximate surface area is 366 Å². The maximum absolute atomic E-state index is 14.3. The SMILES string of the molecule is CC(CNCCC[N+](C)(C)CC(=O)O)C(=O)CSCCC(F)(F)C(F)(F)C(F)(F)C(F)(F)C(F)(F)C(F)(F)C(F)(F)C(F)(F)C(F)(F)C(F)(F)C(F)(F)C(F)(F)C(F)(F)C(F)(F)C(F)(F)C(F)(F)F. The van der Waals surface area contributed by atoms with Crippen molar-refractivity contribution in [2.45, 2.75) is 115 Å². The van der Waals surface area contributed by atoms with E-state index in [1.807, 2.05) is 0 Å². The van der Waals surface area contributed by atoms with Gasteiger partial charge in [-0.1, -0.05) is 6.92 Å². The lowest BCUT2D eigenvalue weighted by Gasteiger charge is -2.47. The molecule has 0 aromatic rings. The summed E-state index contributed by atoms with van der Waals surface area (Å²) in [4.78, 5) is 23.0. The van der Waals surface area contributed by atoms with Gasteiger partial charge in [0.15, 0.2) is 6.54 Å². The average Bonchev–Trinajstić information content (AvgIpc) is 3.13. The van der Waals surface area contributed by atoms with Crippen molar-refractivity contribution in [2.75, 3.05) is 51.8 Å². The monoisotopic (exact) mass is 1120 g/mol. The lowest BCUT2D eigenvalue weighted by molar-refractivity contribution is -0.883. The van der Waals surface area contributed by atoms with Crippen LogP contribution < -0.4 is 5.32 Å². The van der Waals surface area contributed by atoms with E-state index in [1.165, 1.54) is 14.1 Å². The third kappa shape index (κ3) is 10.4. The van der Waals surface area contributed by atoms with Gasteiger partial charge in [-0.15, -0.1) is 0 Å². The molecular formula is C30H28F33N2O3S+. The average molecular weight is 1120 g/mol. The number of thioether (sulfide) groups is 1. The van der Waals surface area contributed by atoms with Gasteiger partial charge >= 0.3 is 101 Å². The highest BCUT2D eigenvalue weighted by Crippen LogP contribution is 2.70. The fraction of sp³-hybridized carbons (Fsp3) is 0.933. The second-order valence-corrected chi connectivity index (χ2v) is 16.3. The summed E-state index contributed by atoms with van der Waals surface area (Å²) in [6, 6.07) is 0. The zero-order chi connectivity index (χ0) is 56.3. The van der Waals surface area contributed by atoms with Crippen LogP contribution in [0, 0.1) is 5.92 Å². The van der Waals surface area contributed by atoms with E-state index in [2.05, 4.69) is 5.32 Å². The van der Waals surface area contributed by atoms with Crippen molar-refractivity contribution in [1.29, 1.82) is 0 Å². The number of Topliss-reactive ketones (excluding diaryl/α,β-unsaturated/α-hetero) is 1. The smallest absolute Gasteiger partial charge is 0.460 e. The molecule has 0 aliphatic carbocycles. The molecule has 412 valence electrons. The normalized spacial score (nSPS) is 16.5. The number of ketones is 1. The molecule has 0 aromatic heterocycles. The topological polar surface area (TPSA) is 66.4 Å². The molecule has 69 heavy (non-hydrogen) atoms. The number of carboxylic acid groups (broad SMARTS) is 1. The number of aliphatic carboxylic acids is 1. The molecule has 0 heterocycles. The Hall–Kier alpha value is -2.90. The van der Waals surface area contributed by atoms with Crippen LogP contribution in [0.1, 0.15) is 19.8 Å². The second kappa shape index (κ2) is 19.2. The summed E-state index contributed by atoms with van der Waals surface area (Å²) in [5, 5.41) is 11.5. The van der Waals surface area contributed by atoms with Crippen LogP contribution in [0.3, 0.4) is 0 Å². The van der Waals surface area contributed by atoms with E-state index in [9.17, 15) is 154 Å². The number of likely N-dealkylation sites (N-methyl/N-ethyl adjacent to an activating group) is 1. The van der Waals surface area contributed by atoms with Gasteiger partial charge in [-0.25, -0.2) is 4.79 Å². The van der Waals surface area contributed by atoms with Gasteiger partial charge in [0.25, 0.3) is 0 Å². The number of alkyl halides is 33. The number of quaternary nitrogens is 1. The highest BCUT2D eigenvalue weighted by molar-refractivity contribution is 7.99. The number of hydrogen-bond donors (Lipinski definition) is 2. The third-order valence-electron chi connectivity index (χ3n) is 9.43. The predicted octanol–water partition coefficient (Wildman–Crippen LogP) is 11.5. The molecule has 0 rings (SSSR count). The van der Waals surface area contributed by atoms with Crippen molar-refractivity contribution in [3.63, 3.8) is 0 Å². The molecule has 0 aliphatic rings. The summed E-state index contributed by atoms with van der Waals surface area (Å²) in [7, 11) is 3.02. The number of carboxylic acids is 1. The minimum absolute atomic E-state index is 0.0302. The lowest BCUT2D eigenvalue weighted by Crippen LogP contribution is -2.80. The van der Waals surface area contributed by atoms with Crippen molar-refractivity contribution >= 4 is 23.5 Å². The van der Waals surface area contributed by atoms with Crippen LogP contribution >= 0.6 is 11.8 Å². The van der Waals surface area contributed by atoms with Crippen molar-refractivity contribution in [3.05, 3.63) is 0 Å². The number of rotatable bonds is 28. The van der Waals surface area contributed by atoms with E-state index in [-0.39, 0.29) is 48.8 Å². The number of carbonyl (C=O) groups is 2. The van der Waals surface area contributed by atoms with Crippen LogP contribution in [-0.4, -0.2) is 168 Å². The summed E-state index contributed by atoms with van der Waals surface area (Å²) < 4.78 is 455. The van der Waals surface area contributed by atoms with Crippen LogP contribution in [0.4, 0.5) is 145 Å². The van der Waals surface area contributed by atoms with E-state index in [0.717, 1.165) is 6.92 Å². The number of carbonyl (C=O) groups excluding carboxylic acids is 1. The minimum Gasteiger partial charge on any atom is -0.477 e. The van der Waals surface area contributed by atoms with Crippen molar-refractivity contribution in [2.24, 2.45) is 5.92 Å². The first-order valence-electron chi connectivity index (χ1n) is 17.3. The second-order valence-electron chi connectivity index (χ2n) is 15.2. The molecule has 0 fully saturated rings. The van der Waals surface area contributed by atoms with E-state index < -0.39 is 131 Å². The fourth-order valence-corrected chi connectivity index (χ4v) is 5.99. The van der Waals surface area contributed by atoms with Gasteiger partial charge in [0.2, 0.25) is 0 Å². The Balaban J connectivity index is 6.77. The molecule has 2 N–H and O–H groups in total. The van der Waals surface area contributed by atoms with Gasteiger partial charge in [0.05, 0.1) is 26.4 Å². The molecule has 0 saturated heterocycles. The molecule has 1 atom stereocenters. The molecule has 0 aromatic carbocycles. The highest BCUT2D eigenvalue weighted by atomic mass is 32.2. The molecular weight excluding hydrogens is 1100 g/mol. The standard InChI is InChI=1S/C30H27F33N2O3S/c1-12(9-64-6-4-7-65(2,3)10-14(67)68)13(66)11-69-8-5-15(31,32)16(33,34)17(35,36)18(37,38)19(39,40)20(41,42)21(43,44)22(45,46)23(47,48)24(49,50)25(51,52)26(53,54)27(55,56)28(57,58)29(59,60)30(61,62)63/h12,64H,4-11H2,1-3H3/p+1. The van der Waals surface area contributed by atoms with Crippen LogP contribution in [0.15, 0.2) is 0 Å². The summed E-state index contributed by atoms with van der Waals surface area (Å²) in [6.07, 6.45) is -11.2. The van der Waals surface area contributed by atoms with Crippen LogP contribution in [0.2, 0.25) is 0 Å². The predicted molar refractivity (Wildman–Crippen MR) is 163 cm³/mol. The van der Waals surface area contributed by atoms with E-state index in [0.29, 0.717) is 0 Å². The van der Waals surface area contributed by atoms with Crippen molar-refractivity contribution in [1.82, 2.24) is 5.32 Å². The molecule has 0 radical (unpaired) electrons. The van der Waals surface area contributed by atoms with E-state index in [1.54, 1.807) is 0 Å². The number of hydrogen-bond acceptors (Lipinski definition) is 4. The first kappa shape index (κ1) is 66.1. The zero-order valence-electron chi connectivity index (χ0n) is 33.3. The van der Waals surface area contributed by atoms with Crippen molar-refractivity contribution < 1.29 is 164 Å². The third-order valence-corrected chi connectivity index (χ3v) is 10.4. The molecule has 39 heteroatoms. The van der Waals surface area contributed by atoms with Gasteiger partial charge < -0.3 is 14.9 Å². The summed E-state index contributed by atoms with van der Waals surface area (Å²) in [5.74, 6) is -149. The Morgan fingerprint density at radius 1 is 0.478 bits per heavy atom. The highest BCUT2D eigenvalue weighted by Gasteiger charge is 3.01. The fourth-order valence-electron chi connectivity index (χ4n) is 4.96. The number of nitrogens with zero attached hydrogens (tertiary/aromatic N) is 1. The number of halogens is 33. The molecule has 1 unspecified atom stereocenters. The number of nitrogens with one attached hydrogen (secondary N) is 1. The Morgan fingerprint density at radius 3 is 1.03 bits per heavy atom. The van der Waals surface area contributed by atoms with Gasteiger partial charge in [-0.05, 0) is 5.75 Å². The van der Waals surface area contributed by atoms with Crippen LogP contribution in [0.5, 0.6) is 0 Å². The lowest BCUT2D eigenvalue weighted by atomic mass is 9.82. The van der Waals surface area contributed by atoms with Crippen LogP contribution in [-0.2, 0) is 9.59 Å². The van der Waals surface area contributed by atoms with E-state index >= 15 is 0 Å². The quantitative estimate of drug-likeness (QED) is 0.0464. The molecule has 0 spiro atoms.